The van der Waals surface area contributed by atoms with Gasteiger partial charge in [0.25, 0.3) is 0 Å². The van der Waals surface area contributed by atoms with Crippen LogP contribution in [-0.2, 0) is 16.3 Å². The monoisotopic (exact) mass is 434 g/mol. The van der Waals surface area contributed by atoms with E-state index in [-0.39, 0.29) is 22.4 Å². The zero-order valence-corrected chi connectivity index (χ0v) is 17.2. The van der Waals surface area contributed by atoms with Crippen molar-refractivity contribution in [2.75, 3.05) is 6.79 Å². The lowest BCUT2D eigenvalue weighted by Gasteiger charge is -2.07. The predicted molar refractivity (Wildman–Crippen MR) is 112 cm³/mol. The first-order chi connectivity index (χ1) is 15.0. The summed E-state index contributed by atoms with van der Waals surface area (Å²) in [5.74, 6) is 0.976. The maximum atomic E-state index is 12.9. The summed E-state index contributed by atoms with van der Waals surface area (Å²) in [4.78, 5) is 17.0. The van der Waals surface area contributed by atoms with Crippen molar-refractivity contribution < 1.29 is 22.7 Å². The van der Waals surface area contributed by atoms with Gasteiger partial charge in [-0.05, 0) is 48.4 Å². The third-order valence-corrected chi connectivity index (χ3v) is 7.01. The minimum Gasteiger partial charge on any atom is -0.454 e. The van der Waals surface area contributed by atoms with Gasteiger partial charge in [0.1, 0.15) is 5.65 Å². The summed E-state index contributed by atoms with van der Waals surface area (Å²) in [5, 5.41) is 0. The fourth-order valence-corrected chi connectivity index (χ4v) is 4.78. The van der Waals surface area contributed by atoms with Gasteiger partial charge in [0.05, 0.1) is 9.79 Å². The van der Waals surface area contributed by atoms with Gasteiger partial charge in [0.2, 0.25) is 16.6 Å². The SMILES string of the molecule is O=C(CCc1ccc(S(=O)(=O)c2ccc3c(c2)OCO3)cc1)c1ccc2nccn2c1. The molecule has 0 saturated heterocycles. The Morgan fingerprint density at radius 2 is 1.74 bits per heavy atom. The number of carbonyl (C=O) groups is 1. The molecular formula is C23H18N2O5S. The number of pyridine rings is 1. The molecule has 31 heavy (non-hydrogen) atoms. The Balaban J connectivity index is 1.28. The molecule has 0 aliphatic carbocycles. The normalized spacial score (nSPS) is 12.9. The molecule has 3 heterocycles. The molecule has 4 aromatic rings. The van der Waals surface area contributed by atoms with Crippen LogP contribution >= 0.6 is 0 Å². The van der Waals surface area contributed by atoms with Crippen molar-refractivity contribution in [3.63, 3.8) is 0 Å². The number of Topliss-reactive ketones (excluding diaryl/α,β-unsaturated/α-hetero) is 1. The van der Waals surface area contributed by atoms with E-state index in [4.69, 9.17) is 9.47 Å². The largest absolute Gasteiger partial charge is 0.454 e. The van der Waals surface area contributed by atoms with E-state index < -0.39 is 9.84 Å². The molecule has 0 saturated carbocycles. The molecule has 0 spiro atoms. The molecule has 2 aromatic heterocycles. The number of nitrogens with zero attached hydrogens (tertiary/aromatic N) is 2. The molecular weight excluding hydrogens is 416 g/mol. The zero-order chi connectivity index (χ0) is 21.4. The second-order valence-corrected chi connectivity index (χ2v) is 9.15. The molecule has 7 nitrogen and oxygen atoms in total. The first-order valence-electron chi connectivity index (χ1n) is 9.70. The average Bonchev–Trinajstić information content (AvgIpc) is 3.45. The summed E-state index contributed by atoms with van der Waals surface area (Å²) in [6.45, 7) is 0.0857. The van der Waals surface area contributed by atoms with E-state index in [9.17, 15) is 13.2 Å². The number of aryl methyl sites for hydroxylation is 1. The third kappa shape index (κ3) is 3.66. The van der Waals surface area contributed by atoms with Crippen molar-refractivity contribution in [3.05, 3.63) is 84.3 Å². The predicted octanol–water partition coefficient (Wildman–Crippen LogP) is 3.71. The average molecular weight is 434 g/mol. The van der Waals surface area contributed by atoms with Gasteiger partial charge in [-0.25, -0.2) is 13.4 Å². The van der Waals surface area contributed by atoms with Crippen LogP contribution in [0.4, 0.5) is 0 Å². The topological polar surface area (TPSA) is 87.0 Å². The summed E-state index contributed by atoms with van der Waals surface area (Å²) in [6, 6.07) is 14.8. The second-order valence-electron chi connectivity index (χ2n) is 7.20. The first kappa shape index (κ1) is 19.3. The van der Waals surface area contributed by atoms with Gasteiger partial charge in [0, 0.05) is 36.6 Å². The van der Waals surface area contributed by atoms with Gasteiger partial charge in [-0.3, -0.25) is 4.79 Å². The Labute approximate surface area is 178 Å². The van der Waals surface area contributed by atoms with Crippen molar-refractivity contribution >= 4 is 21.3 Å². The minimum absolute atomic E-state index is 0.0210. The van der Waals surface area contributed by atoms with Crippen LogP contribution in [0.2, 0.25) is 0 Å². The van der Waals surface area contributed by atoms with Crippen LogP contribution < -0.4 is 9.47 Å². The number of ketones is 1. The Hall–Kier alpha value is -3.65. The lowest BCUT2D eigenvalue weighted by Crippen LogP contribution is -2.04. The highest BCUT2D eigenvalue weighted by Crippen LogP contribution is 2.35. The molecule has 0 unspecified atom stereocenters. The third-order valence-electron chi connectivity index (χ3n) is 5.24. The Kier molecular flexibility index (Phi) is 4.71. The van der Waals surface area contributed by atoms with Crippen LogP contribution in [-0.4, -0.2) is 30.4 Å². The molecule has 0 amide bonds. The number of fused-ring (bicyclic) bond motifs is 2. The smallest absolute Gasteiger partial charge is 0.231 e. The summed E-state index contributed by atoms with van der Waals surface area (Å²) in [5.41, 5.74) is 2.30. The molecule has 1 aliphatic heterocycles. The standard InChI is InChI=1S/C23H18N2O5S/c26-20(17-4-10-23-24-11-12-25(23)14-17)8-3-16-1-5-18(6-2-16)31(27,28)19-7-9-21-22(13-19)30-15-29-21/h1-2,4-7,9-14H,3,8,15H2. The van der Waals surface area contributed by atoms with Crippen LogP contribution in [0.15, 0.2) is 83.0 Å². The number of carbonyl (C=O) groups excluding carboxylic acids is 1. The highest BCUT2D eigenvalue weighted by Gasteiger charge is 2.22. The summed E-state index contributed by atoms with van der Waals surface area (Å²) >= 11 is 0. The van der Waals surface area contributed by atoms with Crippen molar-refractivity contribution in [3.8, 4) is 11.5 Å². The van der Waals surface area contributed by atoms with Crippen molar-refractivity contribution in [1.29, 1.82) is 0 Å². The quantitative estimate of drug-likeness (QED) is 0.430. The van der Waals surface area contributed by atoms with Crippen molar-refractivity contribution in [1.82, 2.24) is 9.38 Å². The Bertz CT molecular complexity index is 1390. The molecule has 5 rings (SSSR count). The number of hydrogen-bond acceptors (Lipinski definition) is 6. The molecule has 0 fully saturated rings. The maximum absolute atomic E-state index is 12.9. The summed E-state index contributed by atoms with van der Waals surface area (Å²) in [6.07, 6.45) is 6.10. The van der Waals surface area contributed by atoms with E-state index in [1.54, 1.807) is 55.0 Å². The fourth-order valence-electron chi connectivity index (χ4n) is 3.50. The molecule has 1 aliphatic rings. The van der Waals surface area contributed by atoms with Crippen LogP contribution in [0.1, 0.15) is 22.3 Å². The number of ether oxygens (including phenoxy) is 2. The number of sulfone groups is 1. The van der Waals surface area contributed by atoms with E-state index >= 15 is 0 Å². The summed E-state index contributed by atoms with van der Waals surface area (Å²) in [7, 11) is -3.68. The zero-order valence-electron chi connectivity index (χ0n) is 16.4. The van der Waals surface area contributed by atoms with E-state index in [1.807, 2.05) is 10.5 Å². The maximum Gasteiger partial charge on any atom is 0.231 e. The lowest BCUT2D eigenvalue weighted by atomic mass is 10.0. The lowest BCUT2D eigenvalue weighted by molar-refractivity contribution is 0.0982. The van der Waals surface area contributed by atoms with E-state index in [0.29, 0.717) is 29.9 Å². The first-order valence-corrected chi connectivity index (χ1v) is 11.2. The molecule has 2 aromatic carbocycles. The minimum atomic E-state index is -3.68. The van der Waals surface area contributed by atoms with Gasteiger partial charge >= 0.3 is 0 Å². The van der Waals surface area contributed by atoms with Gasteiger partial charge < -0.3 is 13.9 Å². The number of aromatic nitrogens is 2. The van der Waals surface area contributed by atoms with Gasteiger partial charge in [-0.2, -0.15) is 0 Å². The van der Waals surface area contributed by atoms with E-state index in [2.05, 4.69) is 4.98 Å². The highest BCUT2D eigenvalue weighted by molar-refractivity contribution is 7.91. The Morgan fingerprint density at radius 3 is 2.58 bits per heavy atom. The Morgan fingerprint density at radius 1 is 0.968 bits per heavy atom. The highest BCUT2D eigenvalue weighted by atomic mass is 32.2. The van der Waals surface area contributed by atoms with E-state index in [0.717, 1.165) is 11.2 Å². The molecule has 0 atom stereocenters. The molecule has 0 bridgehead atoms. The van der Waals surface area contributed by atoms with Crippen molar-refractivity contribution in [2.45, 2.75) is 22.6 Å². The number of rotatable bonds is 6. The molecule has 0 N–H and O–H groups in total. The second kappa shape index (κ2) is 7.55. The number of hydrogen-bond donors (Lipinski definition) is 0. The van der Waals surface area contributed by atoms with Gasteiger partial charge in [-0.1, -0.05) is 12.1 Å². The van der Waals surface area contributed by atoms with Crippen LogP contribution in [0, 0.1) is 0 Å². The van der Waals surface area contributed by atoms with Gasteiger partial charge in [-0.15, -0.1) is 0 Å². The van der Waals surface area contributed by atoms with Crippen molar-refractivity contribution in [2.24, 2.45) is 0 Å². The van der Waals surface area contributed by atoms with Crippen LogP contribution in [0.3, 0.4) is 0 Å². The molecule has 0 radical (unpaired) electrons. The van der Waals surface area contributed by atoms with Crippen LogP contribution in [0.5, 0.6) is 11.5 Å². The van der Waals surface area contributed by atoms with Gasteiger partial charge in [0.15, 0.2) is 17.3 Å². The van der Waals surface area contributed by atoms with Crippen LogP contribution in [0.25, 0.3) is 5.65 Å². The summed E-state index contributed by atoms with van der Waals surface area (Å²) < 4.78 is 38.2. The molecule has 8 heteroatoms. The van der Waals surface area contributed by atoms with E-state index in [1.165, 1.54) is 12.1 Å². The number of benzene rings is 2. The molecule has 156 valence electrons. The fraction of sp³-hybridized carbons (Fsp3) is 0.130. The number of imidazole rings is 1.